The van der Waals surface area contributed by atoms with Crippen molar-refractivity contribution in [3.05, 3.63) is 28.5 Å². The number of hydrogen-bond donors (Lipinski definition) is 1. The lowest BCUT2D eigenvalue weighted by molar-refractivity contribution is 0.404. The Kier molecular flexibility index (Phi) is 2.61. The van der Waals surface area contributed by atoms with E-state index in [0.717, 1.165) is 18.4 Å². The van der Waals surface area contributed by atoms with Gasteiger partial charge in [-0.3, -0.25) is 0 Å². The van der Waals surface area contributed by atoms with Crippen LogP contribution in [0.3, 0.4) is 0 Å². The Hall–Kier alpha value is -0.800. The fraction of sp³-hybridized carbons (Fsp3) is 0.455. The monoisotopic (exact) mass is 229 g/mol. The maximum Gasteiger partial charge on any atom is 0.145 e. The number of ether oxygens (including phenoxy) is 1. The lowest BCUT2D eigenvalue weighted by Gasteiger charge is -2.13. The summed E-state index contributed by atoms with van der Waals surface area (Å²) in [5.41, 5.74) is 6.75. The van der Waals surface area contributed by atoms with E-state index in [2.05, 4.69) is 0 Å². The van der Waals surface area contributed by atoms with Gasteiger partial charge in [0.25, 0.3) is 0 Å². The number of methoxy groups -OCH3 is 1. The minimum absolute atomic E-state index is 0.120. The van der Waals surface area contributed by atoms with Gasteiger partial charge in [-0.1, -0.05) is 11.6 Å². The van der Waals surface area contributed by atoms with Gasteiger partial charge in [-0.05, 0) is 30.9 Å². The molecule has 1 saturated carbocycles. The molecule has 0 bridgehead atoms. The first-order chi connectivity index (χ1) is 7.04. The highest BCUT2D eigenvalue weighted by Crippen LogP contribution is 2.38. The molecule has 0 amide bonds. The summed E-state index contributed by atoms with van der Waals surface area (Å²) in [5, 5.41) is 0.120. The molecule has 0 radical (unpaired) electrons. The smallest absolute Gasteiger partial charge is 0.145 e. The van der Waals surface area contributed by atoms with Crippen LogP contribution in [0.1, 0.15) is 18.4 Å². The maximum atomic E-state index is 13.2. The normalized spacial score (nSPS) is 17.6. The molecule has 1 aromatic rings. The largest absolute Gasteiger partial charge is 0.496 e. The summed E-state index contributed by atoms with van der Waals surface area (Å²) < 4.78 is 18.3. The Labute approximate surface area is 93.2 Å². The van der Waals surface area contributed by atoms with Crippen LogP contribution in [0.4, 0.5) is 4.39 Å². The van der Waals surface area contributed by atoms with Crippen LogP contribution in [-0.2, 0) is 6.42 Å². The Morgan fingerprint density at radius 1 is 1.53 bits per heavy atom. The van der Waals surface area contributed by atoms with Crippen LogP contribution in [0.25, 0.3) is 0 Å². The van der Waals surface area contributed by atoms with Gasteiger partial charge in [0.15, 0.2) is 0 Å². The van der Waals surface area contributed by atoms with Crippen molar-refractivity contribution >= 4 is 11.6 Å². The number of nitrogens with two attached hydrogens (primary N) is 1. The second-order valence-corrected chi connectivity index (χ2v) is 4.52. The highest BCUT2D eigenvalue weighted by molar-refractivity contribution is 6.30. The first kappa shape index (κ1) is 10.7. The molecule has 2 rings (SSSR count). The van der Waals surface area contributed by atoms with E-state index >= 15 is 0 Å². The third-order valence-corrected chi connectivity index (χ3v) is 3.05. The van der Waals surface area contributed by atoms with E-state index in [0.29, 0.717) is 12.2 Å². The molecule has 1 aliphatic carbocycles. The first-order valence-electron chi connectivity index (χ1n) is 4.85. The zero-order valence-electron chi connectivity index (χ0n) is 8.52. The van der Waals surface area contributed by atoms with Crippen molar-refractivity contribution in [3.8, 4) is 5.75 Å². The maximum absolute atomic E-state index is 13.2. The minimum Gasteiger partial charge on any atom is -0.496 e. The van der Waals surface area contributed by atoms with Crippen molar-refractivity contribution < 1.29 is 9.13 Å². The number of halogens is 2. The molecule has 0 unspecified atom stereocenters. The molecule has 0 heterocycles. The van der Waals surface area contributed by atoms with E-state index in [1.807, 2.05) is 0 Å². The summed E-state index contributed by atoms with van der Waals surface area (Å²) in [6.07, 6.45) is 2.70. The Bertz CT molecular complexity index is 390. The van der Waals surface area contributed by atoms with Gasteiger partial charge in [0.05, 0.1) is 12.1 Å². The number of benzene rings is 1. The molecule has 2 nitrogen and oxygen atoms in total. The first-order valence-corrected chi connectivity index (χ1v) is 5.23. The van der Waals surface area contributed by atoms with E-state index in [1.165, 1.54) is 13.2 Å². The van der Waals surface area contributed by atoms with Crippen molar-refractivity contribution in [1.29, 1.82) is 0 Å². The van der Waals surface area contributed by atoms with Crippen LogP contribution < -0.4 is 10.5 Å². The molecule has 15 heavy (non-hydrogen) atoms. The lowest BCUT2D eigenvalue weighted by atomic mass is 10.0. The fourth-order valence-electron chi connectivity index (χ4n) is 1.61. The summed E-state index contributed by atoms with van der Waals surface area (Å²) in [6.45, 7) is 0. The van der Waals surface area contributed by atoms with Gasteiger partial charge in [-0.2, -0.15) is 0 Å². The predicted molar refractivity (Wildman–Crippen MR) is 57.8 cm³/mol. The summed E-state index contributed by atoms with van der Waals surface area (Å²) in [7, 11) is 1.52. The summed E-state index contributed by atoms with van der Waals surface area (Å²) >= 11 is 5.72. The van der Waals surface area contributed by atoms with Gasteiger partial charge in [-0.15, -0.1) is 0 Å². The molecule has 0 spiro atoms. The number of hydrogen-bond acceptors (Lipinski definition) is 2. The van der Waals surface area contributed by atoms with Crippen molar-refractivity contribution in [1.82, 2.24) is 0 Å². The molecule has 0 aliphatic heterocycles. The van der Waals surface area contributed by atoms with Gasteiger partial charge in [0.2, 0.25) is 0 Å². The van der Waals surface area contributed by atoms with Crippen LogP contribution in [0.15, 0.2) is 12.1 Å². The van der Waals surface area contributed by atoms with Gasteiger partial charge in [-0.25, -0.2) is 4.39 Å². The molecule has 1 fully saturated rings. The van der Waals surface area contributed by atoms with Crippen molar-refractivity contribution in [2.45, 2.75) is 24.8 Å². The molecule has 1 aromatic carbocycles. The summed E-state index contributed by atoms with van der Waals surface area (Å²) in [4.78, 5) is 0. The zero-order valence-corrected chi connectivity index (χ0v) is 9.27. The van der Waals surface area contributed by atoms with Crippen molar-refractivity contribution in [2.75, 3.05) is 7.11 Å². The summed E-state index contributed by atoms with van der Waals surface area (Å²) in [6, 6.07) is 2.91. The Morgan fingerprint density at radius 3 is 2.73 bits per heavy atom. The Morgan fingerprint density at radius 2 is 2.20 bits per heavy atom. The quantitative estimate of drug-likeness (QED) is 0.865. The molecule has 82 valence electrons. The highest BCUT2D eigenvalue weighted by atomic mass is 35.5. The molecule has 0 saturated heterocycles. The van der Waals surface area contributed by atoms with Crippen molar-refractivity contribution in [2.24, 2.45) is 5.73 Å². The van der Waals surface area contributed by atoms with E-state index in [1.54, 1.807) is 6.07 Å². The van der Waals surface area contributed by atoms with Crippen molar-refractivity contribution in [3.63, 3.8) is 0 Å². The minimum atomic E-state index is -0.459. The van der Waals surface area contributed by atoms with E-state index in [-0.39, 0.29) is 10.6 Å². The van der Waals surface area contributed by atoms with Gasteiger partial charge in [0, 0.05) is 11.6 Å². The van der Waals surface area contributed by atoms with Gasteiger partial charge < -0.3 is 10.5 Å². The average molecular weight is 230 g/mol. The van der Waals surface area contributed by atoms with E-state index < -0.39 is 5.82 Å². The van der Waals surface area contributed by atoms with E-state index in [9.17, 15) is 4.39 Å². The Balaban J connectivity index is 2.31. The van der Waals surface area contributed by atoms with Gasteiger partial charge in [0.1, 0.15) is 11.6 Å². The second-order valence-electron chi connectivity index (χ2n) is 4.12. The van der Waals surface area contributed by atoms with Crippen LogP contribution in [0.2, 0.25) is 5.02 Å². The molecule has 0 atom stereocenters. The topological polar surface area (TPSA) is 35.2 Å². The molecule has 0 aromatic heterocycles. The highest BCUT2D eigenvalue weighted by Gasteiger charge is 2.38. The molecular weight excluding hydrogens is 217 g/mol. The molecule has 2 N–H and O–H groups in total. The second kappa shape index (κ2) is 3.65. The predicted octanol–water partition coefficient (Wildman–Crippen LogP) is 2.52. The molecular formula is C11H13ClFNO. The van der Waals surface area contributed by atoms with Crippen LogP contribution in [0, 0.1) is 5.82 Å². The van der Waals surface area contributed by atoms with Crippen LogP contribution in [-0.4, -0.2) is 12.6 Å². The molecule has 4 heteroatoms. The van der Waals surface area contributed by atoms with Gasteiger partial charge >= 0.3 is 0 Å². The zero-order chi connectivity index (χ0) is 11.1. The van der Waals surface area contributed by atoms with E-state index in [4.69, 9.17) is 22.1 Å². The number of rotatable bonds is 3. The molecule has 1 aliphatic rings. The summed E-state index contributed by atoms with van der Waals surface area (Å²) in [5.74, 6) is 0.0627. The fourth-order valence-corrected chi connectivity index (χ4v) is 1.80. The van der Waals surface area contributed by atoms with Crippen LogP contribution in [0.5, 0.6) is 5.75 Å². The third kappa shape index (κ3) is 2.24. The lowest BCUT2D eigenvalue weighted by Crippen LogP contribution is -2.24. The third-order valence-electron chi connectivity index (χ3n) is 2.76. The SMILES string of the molecule is COc1cc(F)c(Cl)cc1CC1(N)CC1. The standard InChI is InChI=1S/C11H13ClFNO/c1-15-10-5-9(13)8(12)4-7(10)6-11(14)2-3-11/h4-5H,2-3,6,14H2,1H3. The average Bonchev–Trinajstić information content (AvgIpc) is 2.89. The van der Waals surface area contributed by atoms with Crippen LogP contribution >= 0.6 is 11.6 Å².